The minimum atomic E-state index is -0.379. The number of aliphatic hydroxyl groups is 1. The molecule has 0 bridgehead atoms. The molecule has 2 atom stereocenters. The molecular weight excluding hydrogens is 348 g/mol. The summed E-state index contributed by atoms with van der Waals surface area (Å²) in [6.07, 6.45) is 2.09. The van der Waals surface area contributed by atoms with Crippen LogP contribution in [0.4, 0.5) is 0 Å². The SMILES string of the molecule is COC(=O)c1ccc(-c2noc(CN3C[C@H](O)[C@@H](N4CCCC4)C3)n2)cc1. The molecule has 0 amide bonds. The van der Waals surface area contributed by atoms with Gasteiger partial charge in [-0.05, 0) is 38.1 Å². The number of esters is 1. The van der Waals surface area contributed by atoms with Crippen LogP contribution in [-0.2, 0) is 11.3 Å². The Morgan fingerprint density at radius 1 is 1.26 bits per heavy atom. The number of aromatic nitrogens is 2. The molecule has 0 saturated carbocycles. The zero-order chi connectivity index (χ0) is 18.8. The van der Waals surface area contributed by atoms with Gasteiger partial charge in [0.1, 0.15) is 0 Å². The summed E-state index contributed by atoms with van der Waals surface area (Å²) in [5, 5.41) is 14.4. The van der Waals surface area contributed by atoms with Crippen LogP contribution < -0.4 is 0 Å². The highest BCUT2D eigenvalue weighted by molar-refractivity contribution is 5.89. The van der Waals surface area contributed by atoms with Crippen molar-refractivity contribution in [1.82, 2.24) is 19.9 Å². The van der Waals surface area contributed by atoms with E-state index in [0.29, 0.717) is 30.4 Å². The molecule has 2 fully saturated rings. The molecular formula is C19H24N4O4. The first-order valence-corrected chi connectivity index (χ1v) is 9.30. The molecule has 27 heavy (non-hydrogen) atoms. The van der Waals surface area contributed by atoms with E-state index in [0.717, 1.165) is 25.2 Å². The second kappa shape index (κ2) is 7.75. The summed E-state index contributed by atoms with van der Waals surface area (Å²) in [6, 6.07) is 7.08. The largest absolute Gasteiger partial charge is 0.465 e. The van der Waals surface area contributed by atoms with E-state index in [1.165, 1.54) is 20.0 Å². The maximum atomic E-state index is 11.5. The van der Waals surface area contributed by atoms with Gasteiger partial charge in [0.25, 0.3) is 0 Å². The third kappa shape index (κ3) is 3.87. The molecule has 144 valence electrons. The minimum Gasteiger partial charge on any atom is -0.465 e. The zero-order valence-electron chi connectivity index (χ0n) is 15.4. The standard InChI is InChI=1S/C19H24N4O4/c1-26-19(25)14-6-4-13(5-7-14)18-20-17(27-21-18)12-22-10-15(16(24)11-22)23-8-2-3-9-23/h4-7,15-16,24H,2-3,8-12H2,1H3/t15-,16-/m0/s1. The molecule has 2 aliphatic rings. The van der Waals surface area contributed by atoms with Crippen LogP contribution in [0.25, 0.3) is 11.4 Å². The number of hydrogen-bond acceptors (Lipinski definition) is 8. The van der Waals surface area contributed by atoms with Crippen LogP contribution in [-0.4, -0.2) is 76.5 Å². The maximum absolute atomic E-state index is 11.5. The van der Waals surface area contributed by atoms with Crippen molar-refractivity contribution in [2.45, 2.75) is 31.5 Å². The van der Waals surface area contributed by atoms with Gasteiger partial charge < -0.3 is 14.4 Å². The van der Waals surface area contributed by atoms with Crippen LogP contribution in [0.2, 0.25) is 0 Å². The van der Waals surface area contributed by atoms with Gasteiger partial charge >= 0.3 is 5.97 Å². The van der Waals surface area contributed by atoms with Gasteiger partial charge in [-0.3, -0.25) is 9.80 Å². The van der Waals surface area contributed by atoms with E-state index in [2.05, 4.69) is 19.9 Å². The van der Waals surface area contributed by atoms with Crippen molar-refractivity contribution in [2.24, 2.45) is 0 Å². The number of hydrogen-bond donors (Lipinski definition) is 1. The number of methoxy groups -OCH3 is 1. The van der Waals surface area contributed by atoms with Crippen LogP contribution in [0.3, 0.4) is 0 Å². The molecule has 8 nitrogen and oxygen atoms in total. The molecule has 1 N–H and O–H groups in total. The van der Waals surface area contributed by atoms with E-state index in [-0.39, 0.29) is 18.1 Å². The topological polar surface area (TPSA) is 91.9 Å². The Bertz CT molecular complexity index is 785. The Labute approximate surface area is 157 Å². The zero-order valence-corrected chi connectivity index (χ0v) is 15.4. The van der Waals surface area contributed by atoms with Crippen molar-refractivity contribution < 1.29 is 19.2 Å². The summed E-state index contributed by atoms with van der Waals surface area (Å²) in [7, 11) is 1.35. The first kappa shape index (κ1) is 18.1. The Kier molecular flexibility index (Phi) is 5.20. The lowest BCUT2D eigenvalue weighted by atomic mass is 10.1. The van der Waals surface area contributed by atoms with E-state index >= 15 is 0 Å². The predicted molar refractivity (Wildman–Crippen MR) is 97.0 cm³/mol. The fourth-order valence-electron chi connectivity index (χ4n) is 3.91. The summed E-state index contributed by atoms with van der Waals surface area (Å²) in [5.41, 5.74) is 1.25. The van der Waals surface area contributed by atoms with Gasteiger partial charge in [0.05, 0.1) is 25.3 Å². The van der Waals surface area contributed by atoms with Gasteiger partial charge in [-0.15, -0.1) is 0 Å². The molecule has 2 aliphatic heterocycles. The third-order valence-corrected chi connectivity index (χ3v) is 5.34. The first-order chi connectivity index (χ1) is 13.1. The summed E-state index contributed by atoms with van der Waals surface area (Å²) in [6.45, 7) is 4.09. The van der Waals surface area contributed by atoms with E-state index in [9.17, 15) is 9.90 Å². The van der Waals surface area contributed by atoms with Crippen molar-refractivity contribution in [2.75, 3.05) is 33.3 Å². The van der Waals surface area contributed by atoms with Crippen molar-refractivity contribution in [3.8, 4) is 11.4 Å². The molecule has 4 rings (SSSR count). The number of rotatable bonds is 5. The molecule has 8 heteroatoms. The monoisotopic (exact) mass is 372 g/mol. The predicted octanol–water partition coefficient (Wildman–Crippen LogP) is 1.16. The van der Waals surface area contributed by atoms with E-state index in [1.54, 1.807) is 24.3 Å². The Balaban J connectivity index is 1.39. The average Bonchev–Trinajstić information content (AvgIpc) is 3.43. The number of carbonyl (C=O) groups excluding carboxylic acids is 1. The Morgan fingerprint density at radius 2 is 2.00 bits per heavy atom. The third-order valence-electron chi connectivity index (χ3n) is 5.34. The second-order valence-electron chi connectivity index (χ2n) is 7.15. The lowest BCUT2D eigenvalue weighted by molar-refractivity contribution is 0.0600. The van der Waals surface area contributed by atoms with Crippen molar-refractivity contribution in [1.29, 1.82) is 0 Å². The van der Waals surface area contributed by atoms with Crippen molar-refractivity contribution >= 4 is 5.97 Å². The number of likely N-dealkylation sites (tertiary alicyclic amines) is 2. The normalized spacial score (nSPS) is 23.8. The number of nitrogens with zero attached hydrogens (tertiary/aromatic N) is 4. The van der Waals surface area contributed by atoms with E-state index in [1.807, 2.05) is 0 Å². The average molecular weight is 372 g/mol. The van der Waals surface area contributed by atoms with Gasteiger partial charge in [0, 0.05) is 24.7 Å². The van der Waals surface area contributed by atoms with E-state index in [4.69, 9.17) is 9.26 Å². The van der Waals surface area contributed by atoms with Crippen molar-refractivity contribution in [3.63, 3.8) is 0 Å². The highest BCUT2D eigenvalue weighted by Gasteiger charge is 2.36. The van der Waals surface area contributed by atoms with Gasteiger partial charge in [0.15, 0.2) is 0 Å². The lowest BCUT2D eigenvalue weighted by Crippen LogP contribution is -2.41. The molecule has 2 saturated heterocycles. The highest BCUT2D eigenvalue weighted by Crippen LogP contribution is 2.23. The maximum Gasteiger partial charge on any atom is 0.337 e. The minimum absolute atomic E-state index is 0.195. The number of aliphatic hydroxyl groups excluding tert-OH is 1. The number of benzene rings is 1. The lowest BCUT2D eigenvalue weighted by Gasteiger charge is -2.25. The van der Waals surface area contributed by atoms with Crippen LogP contribution >= 0.6 is 0 Å². The Morgan fingerprint density at radius 3 is 2.70 bits per heavy atom. The summed E-state index contributed by atoms with van der Waals surface area (Å²) < 4.78 is 10.1. The summed E-state index contributed by atoms with van der Waals surface area (Å²) in [4.78, 5) is 20.5. The smallest absolute Gasteiger partial charge is 0.337 e. The fourth-order valence-corrected chi connectivity index (χ4v) is 3.91. The summed E-state index contributed by atoms with van der Waals surface area (Å²) in [5.74, 6) is 0.629. The highest BCUT2D eigenvalue weighted by atomic mass is 16.5. The molecule has 0 aliphatic carbocycles. The first-order valence-electron chi connectivity index (χ1n) is 9.30. The van der Waals surface area contributed by atoms with Crippen LogP contribution in [0.1, 0.15) is 29.1 Å². The molecule has 3 heterocycles. The van der Waals surface area contributed by atoms with Crippen molar-refractivity contribution in [3.05, 3.63) is 35.7 Å². The number of β-amino-alcohol motifs (C(OH)–C–C–N with tert-alkyl or cyclic N) is 1. The van der Waals surface area contributed by atoms with Crippen LogP contribution in [0.5, 0.6) is 0 Å². The van der Waals surface area contributed by atoms with E-state index < -0.39 is 0 Å². The second-order valence-corrected chi connectivity index (χ2v) is 7.15. The van der Waals surface area contributed by atoms with Gasteiger partial charge in [-0.1, -0.05) is 17.3 Å². The van der Waals surface area contributed by atoms with Gasteiger partial charge in [-0.25, -0.2) is 4.79 Å². The van der Waals surface area contributed by atoms with Crippen LogP contribution in [0.15, 0.2) is 28.8 Å². The molecule has 0 unspecified atom stereocenters. The molecule has 0 radical (unpaired) electrons. The molecule has 0 spiro atoms. The number of carbonyl (C=O) groups is 1. The Hall–Kier alpha value is -2.29. The van der Waals surface area contributed by atoms with Gasteiger partial charge in [0.2, 0.25) is 11.7 Å². The summed E-state index contributed by atoms with van der Waals surface area (Å²) >= 11 is 0. The quantitative estimate of drug-likeness (QED) is 0.782. The number of ether oxygens (including phenoxy) is 1. The van der Waals surface area contributed by atoms with Gasteiger partial charge in [-0.2, -0.15) is 4.98 Å². The van der Waals surface area contributed by atoms with Crippen LogP contribution in [0, 0.1) is 0 Å². The molecule has 1 aromatic carbocycles. The molecule has 2 aromatic rings. The fraction of sp³-hybridized carbons (Fsp3) is 0.526. The molecule has 1 aromatic heterocycles.